The molecule has 1 aromatic carbocycles. The van der Waals surface area contributed by atoms with Crippen molar-refractivity contribution in [2.45, 2.75) is 19.8 Å². The number of methoxy groups -OCH3 is 1. The standard InChI is InChI=1S/C17H22N2O/c1-17(14-18)9-12-19(13-10-17)11-3-4-15-5-7-16(20-2)8-6-15/h3-8H,9-13H2,1-2H3/b4-3+. The second-order valence-corrected chi connectivity index (χ2v) is 5.65. The molecular formula is C17H22N2O. The maximum absolute atomic E-state index is 9.11. The molecule has 1 aliphatic rings. The molecule has 0 unspecified atom stereocenters. The number of hydrogen-bond donors (Lipinski definition) is 0. The Hall–Kier alpha value is -1.79. The summed E-state index contributed by atoms with van der Waals surface area (Å²) in [6.45, 7) is 5.04. The molecule has 0 saturated carbocycles. The molecule has 106 valence electrons. The van der Waals surface area contributed by atoms with Crippen LogP contribution >= 0.6 is 0 Å². The van der Waals surface area contributed by atoms with Crippen molar-refractivity contribution in [3.8, 4) is 11.8 Å². The minimum Gasteiger partial charge on any atom is -0.497 e. The summed E-state index contributed by atoms with van der Waals surface area (Å²) in [4.78, 5) is 2.40. The zero-order valence-corrected chi connectivity index (χ0v) is 12.3. The Labute approximate surface area is 121 Å². The fraction of sp³-hybridized carbons (Fsp3) is 0.471. The minimum absolute atomic E-state index is 0.115. The fourth-order valence-electron chi connectivity index (χ4n) is 2.39. The van der Waals surface area contributed by atoms with Gasteiger partial charge in [-0.15, -0.1) is 0 Å². The average Bonchev–Trinajstić information content (AvgIpc) is 2.50. The lowest BCUT2D eigenvalue weighted by Gasteiger charge is -2.34. The van der Waals surface area contributed by atoms with E-state index in [4.69, 9.17) is 10.00 Å². The molecule has 20 heavy (non-hydrogen) atoms. The van der Waals surface area contributed by atoms with Crippen LogP contribution in [-0.2, 0) is 0 Å². The molecule has 3 heteroatoms. The van der Waals surface area contributed by atoms with Gasteiger partial charge < -0.3 is 4.74 Å². The van der Waals surface area contributed by atoms with Crippen LogP contribution in [0.3, 0.4) is 0 Å². The van der Waals surface area contributed by atoms with Gasteiger partial charge in [0.1, 0.15) is 5.75 Å². The van der Waals surface area contributed by atoms with E-state index < -0.39 is 0 Å². The van der Waals surface area contributed by atoms with Crippen molar-refractivity contribution in [3.63, 3.8) is 0 Å². The SMILES string of the molecule is COc1ccc(/C=C/CN2CCC(C)(C#N)CC2)cc1. The van der Waals surface area contributed by atoms with Gasteiger partial charge in [-0.3, -0.25) is 4.90 Å². The summed E-state index contributed by atoms with van der Waals surface area (Å²) in [6, 6.07) is 10.5. The van der Waals surface area contributed by atoms with Gasteiger partial charge in [0.05, 0.1) is 18.6 Å². The van der Waals surface area contributed by atoms with E-state index in [2.05, 4.69) is 42.2 Å². The summed E-state index contributed by atoms with van der Waals surface area (Å²) in [5.74, 6) is 0.883. The van der Waals surface area contributed by atoms with E-state index in [1.165, 1.54) is 5.56 Å². The first-order chi connectivity index (χ1) is 9.65. The van der Waals surface area contributed by atoms with Crippen molar-refractivity contribution < 1.29 is 4.74 Å². The highest BCUT2D eigenvalue weighted by Gasteiger charge is 2.29. The van der Waals surface area contributed by atoms with Gasteiger partial charge in [-0.1, -0.05) is 24.3 Å². The number of likely N-dealkylation sites (tertiary alicyclic amines) is 1. The van der Waals surface area contributed by atoms with Gasteiger partial charge in [-0.25, -0.2) is 0 Å². The lowest BCUT2D eigenvalue weighted by molar-refractivity contribution is 0.170. The molecule has 0 aliphatic carbocycles. The maximum Gasteiger partial charge on any atom is 0.118 e. The Bertz CT molecular complexity index is 491. The molecule has 0 atom stereocenters. The van der Waals surface area contributed by atoms with Gasteiger partial charge >= 0.3 is 0 Å². The van der Waals surface area contributed by atoms with Gasteiger partial charge in [-0.2, -0.15) is 5.26 Å². The van der Waals surface area contributed by atoms with E-state index >= 15 is 0 Å². The van der Waals surface area contributed by atoms with Crippen LogP contribution in [0.4, 0.5) is 0 Å². The third kappa shape index (κ3) is 3.85. The Balaban J connectivity index is 1.81. The maximum atomic E-state index is 9.11. The number of nitrogens with zero attached hydrogens (tertiary/aromatic N) is 2. The smallest absolute Gasteiger partial charge is 0.118 e. The number of nitriles is 1. The monoisotopic (exact) mass is 270 g/mol. The van der Waals surface area contributed by atoms with E-state index in [0.717, 1.165) is 38.2 Å². The topological polar surface area (TPSA) is 36.3 Å². The highest BCUT2D eigenvalue weighted by Crippen LogP contribution is 2.29. The molecule has 1 aromatic rings. The van der Waals surface area contributed by atoms with Crippen molar-refractivity contribution in [1.29, 1.82) is 5.26 Å². The van der Waals surface area contributed by atoms with Crippen molar-refractivity contribution in [3.05, 3.63) is 35.9 Å². The summed E-state index contributed by atoms with van der Waals surface area (Å²) in [7, 11) is 1.68. The quantitative estimate of drug-likeness (QED) is 0.842. The summed E-state index contributed by atoms with van der Waals surface area (Å²) < 4.78 is 5.14. The van der Waals surface area contributed by atoms with Crippen molar-refractivity contribution in [1.82, 2.24) is 4.90 Å². The third-order valence-electron chi connectivity index (χ3n) is 4.02. The zero-order valence-electron chi connectivity index (χ0n) is 12.3. The number of benzene rings is 1. The molecule has 0 aromatic heterocycles. The van der Waals surface area contributed by atoms with Crippen LogP contribution < -0.4 is 4.74 Å². The van der Waals surface area contributed by atoms with Gasteiger partial charge in [-0.05, 0) is 50.6 Å². The third-order valence-corrected chi connectivity index (χ3v) is 4.02. The molecule has 0 N–H and O–H groups in total. The normalized spacial score (nSPS) is 18.9. The van der Waals surface area contributed by atoms with Gasteiger partial charge in [0.2, 0.25) is 0 Å². The van der Waals surface area contributed by atoms with Crippen LogP contribution in [-0.4, -0.2) is 31.6 Å². The second-order valence-electron chi connectivity index (χ2n) is 5.65. The van der Waals surface area contributed by atoms with Crippen LogP contribution in [0.15, 0.2) is 30.3 Å². The van der Waals surface area contributed by atoms with Crippen molar-refractivity contribution >= 4 is 6.08 Å². The van der Waals surface area contributed by atoms with E-state index in [1.54, 1.807) is 7.11 Å². The van der Waals surface area contributed by atoms with E-state index in [-0.39, 0.29) is 5.41 Å². The van der Waals surface area contributed by atoms with Gasteiger partial charge in [0.15, 0.2) is 0 Å². The Morgan fingerprint density at radius 3 is 2.50 bits per heavy atom. The minimum atomic E-state index is -0.115. The lowest BCUT2D eigenvalue weighted by Crippen LogP contribution is -2.37. The number of ether oxygens (including phenoxy) is 1. The van der Waals surface area contributed by atoms with Crippen LogP contribution in [0.1, 0.15) is 25.3 Å². The first-order valence-corrected chi connectivity index (χ1v) is 7.09. The van der Waals surface area contributed by atoms with E-state index in [9.17, 15) is 0 Å². The largest absolute Gasteiger partial charge is 0.497 e. The molecule has 2 rings (SSSR count). The van der Waals surface area contributed by atoms with Gasteiger partial charge in [0, 0.05) is 6.54 Å². The molecule has 0 amide bonds. The molecule has 3 nitrogen and oxygen atoms in total. The number of rotatable bonds is 4. The number of piperidine rings is 1. The predicted molar refractivity (Wildman–Crippen MR) is 81.4 cm³/mol. The zero-order chi connectivity index (χ0) is 14.4. The summed E-state index contributed by atoms with van der Waals surface area (Å²) in [6.07, 6.45) is 6.27. The highest BCUT2D eigenvalue weighted by molar-refractivity contribution is 5.50. The predicted octanol–water partition coefficient (Wildman–Crippen LogP) is 3.33. The van der Waals surface area contributed by atoms with Crippen LogP contribution in [0.25, 0.3) is 6.08 Å². The summed E-state index contributed by atoms with van der Waals surface area (Å²) >= 11 is 0. The summed E-state index contributed by atoms with van der Waals surface area (Å²) in [5, 5.41) is 9.11. The Morgan fingerprint density at radius 1 is 1.30 bits per heavy atom. The molecule has 1 saturated heterocycles. The molecule has 0 radical (unpaired) electrons. The molecule has 1 aliphatic heterocycles. The first-order valence-electron chi connectivity index (χ1n) is 7.09. The van der Waals surface area contributed by atoms with Crippen LogP contribution in [0.5, 0.6) is 5.75 Å². The van der Waals surface area contributed by atoms with Crippen molar-refractivity contribution in [2.24, 2.45) is 5.41 Å². The molecule has 0 spiro atoms. The van der Waals surface area contributed by atoms with Crippen molar-refractivity contribution in [2.75, 3.05) is 26.7 Å². The van der Waals surface area contributed by atoms with Crippen LogP contribution in [0, 0.1) is 16.7 Å². The molecular weight excluding hydrogens is 248 g/mol. The fourth-order valence-corrected chi connectivity index (χ4v) is 2.39. The van der Waals surface area contributed by atoms with E-state index in [0.29, 0.717) is 0 Å². The lowest BCUT2D eigenvalue weighted by atomic mass is 9.82. The average molecular weight is 270 g/mol. The second kappa shape index (κ2) is 6.58. The molecule has 1 heterocycles. The number of hydrogen-bond acceptors (Lipinski definition) is 3. The van der Waals surface area contributed by atoms with Gasteiger partial charge in [0.25, 0.3) is 0 Å². The molecule has 1 fully saturated rings. The van der Waals surface area contributed by atoms with E-state index in [1.807, 2.05) is 12.1 Å². The summed E-state index contributed by atoms with van der Waals surface area (Å²) in [5.41, 5.74) is 1.07. The first kappa shape index (κ1) is 14.6. The highest BCUT2D eigenvalue weighted by atomic mass is 16.5. The molecule has 0 bridgehead atoms. The van der Waals surface area contributed by atoms with Crippen LogP contribution in [0.2, 0.25) is 0 Å². The Morgan fingerprint density at radius 2 is 1.95 bits per heavy atom. The Kier molecular flexibility index (Phi) is 4.81.